The molecule has 1 aliphatic rings. The van der Waals surface area contributed by atoms with Crippen LogP contribution in [0.15, 0.2) is 12.3 Å². The van der Waals surface area contributed by atoms with Crippen molar-refractivity contribution in [2.75, 3.05) is 7.05 Å². The van der Waals surface area contributed by atoms with Crippen molar-refractivity contribution in [3.05, 3.63) is 12.3 Å². The first-order valence-corrected chi connectivity index (χ1v) is 1.63. The molecule has 0 aromatic heterocycles. The minimum atomic E-state index is 0. The lowest BCUT2D eigenvalue weighted by Crippen LogP contribution is -3.00. The van der Waals surface area contributed by atoms with E-state index >= 15 is 0 Å². The monoisotopic (exact) mass is 103 g/mol. The van der Waals surface area contributed by atoms with Gasteiger partial charge >= 0.3 is 0 Å². The molecule has 1 heterocycles. The Balaban J connectivity index is 0.000000250. The van der Waals surface area contributed by atoms with Crippen molar-refractivity contribution in [3.8, 4) is 0 Å². The highest BCUT2D eigenvalue weighted by molar-refractivity contribution is 5.69. The van der Waals surface area contributed by atoms with E-state index in [4.69, 9.17) is 0 Å². The second-order valence-electron chi connectivity index (χ2n) is 1.16. The predicted octanol–water partition coefficient (Wildman–Crippen LogP) is -2.77. The summed E-state index contributed by atoms with van der Waals surface area (Å²) in [4.78, 5) is 0. The van der Waals surface area contributed by atoms with E-state index in [0.29, 0.717) is 0 Å². The number of hydrogen-bond acceptors (Lipinski definition) is 0. The fourth-order valence-electron chi connectivity index (χ4n) is 0.258. The first-order valence-electron chi connectivity index (χ1n) is 1.63. The van der Waals surface area contributed by atoms with Crippen LogP contribution in [0.5, 0.6) is 0 Å². The molecule has 6 heavy (non-hydrogen) atoms. The maximum atomic E-state index is 2.00. The van der Waals surface area contributed by atoms with Crippen molar-refractivity contribution in [2.24, 2.45) is 0 Å². The van der Waals surface area contributed by atoms with Crippen molar-refractivity contribution in [1.29, 1.82) is 0 Å². The number of nitrogens with zero attached hydrogens (tertiary/aromatic N) is 1. The first-order chi connectivity index (χ1) is 2.39. The molecule has 34 valence electrons. The van der Waals surface area contributed by atoms with Crippen molar-refractivity contribution >= 4 is 6.21 Å². The van der Waals surface area contributed by atoms with Crippen LogP contribution in [0.2, 0.25) is 0 Å². The molecule has 0 saturated heterocycles. The molecule has 0 atom stereocenters. The highest BCUT2D eigenvalue weighted by atomic mass is 35.5. The maximum Gasteiger partial charge on any atom is 0.174 e. The predicted molar refractivity (Wildman–Crippen MR) is 21.4 cm³/mol. The minimum absolute atomic E-state index is 0. The van der Waals surface area contributed by atoms with E-state index in [1.54, 1.807) is 0 Å². The van der Waals surface area contributed by atoms with Gasteiger partial charge in [-0.2, -0.15) is 0 Å². The van der Waals surface area contributed by atoms with Crippen LogP contribution in [0.3, 0.4) is 0 Å². The van der Waals surface area contributed by atoms with E-state index in [0.717, 1.165) is 0 Å². The van der Waals surface area contributed by atoms with Crippen molar-refractivity contribution < 1.29 is 17.0 Å². The van der Waals surface area contributed by atoms with Gasteiger partial charge in [0.15, 0.2) is 12.4 Å². The zero-order valence-electron chi connectivity index (χ0n) is 3.56. The third-order valence-corrected chi connectivity index (χ3v) is 0.642. The highest BCUT2D eigenvalue weighted by Gasteiger charge is 1.91. The molecule has 0 spiro atoms. The van der Waals surface area contributed by atoms with Crippen LogP contribution >= 0.6 is 0 Å². The van der Waals surface area contributed by atoms with Crippen LogP contribution in [-0.4, -0.2) is 17.8 Å². The first kappa shape index (κ1) is 5.70. The fourth-order valence-corrected chi connectivity index (χ4v) is 0.258. The molecule has 0 radical (unpaired) electrons. The zero-order valence-corrected chi connectivity index (χ0v) is 4.31. The van der Waals surface area contributed by atoms with Gasteiger partial charge in [0.2, 0.25) is 0 Å². The standard InChI is InChI=1S/C4H6N.ClH/c1-5-3-2-4-5;/h2-4H,1H3;1H/q+1;/p-1. The van der Waals surface area contributed by atoms with Gasteiger partial charge in [-0.05, 0) is 0 Å². The average Bonchev–Trinajstić information content (AvgIpc) is 1.30. The normalized spacial score (nSPS) is 14.5. The summed E-state index contributed by atoms with van der Waals surface area (Å²) >= 11 is 0. The SMILES string of the molecule is C[N+]1=CC=C1.[Cl-]. The summed E-state index contributed by atoms with van der Waals surface area (Å²) in [6.45, 7) is 0. The lowest BCUT2D eigenvalue weighted by Gasteiger charge is -1.86. The van der Waals surface area contributed by atoms with Crippen LogP contribution in [0.25, 0.3) is 0 Å². The second kappa shape index (κ2) is 1.98. The summed E-state index contributed by atoms with van der Waals surface area (Å²) < 4.78 is 2.00. The third kappa shape index (κ3) is 0.830. The molecule has 0 aromatic rings. The van der Waals surface area contributed by atoms with Gasteiger partial charge in [-0.1, -0.05) is 0 Å². The molecule has 0 saturated carbocycles. The van der Waals surface area contributed by atoms with E-state index in [9.17, 15) is 0 Å². The summed E-state index contributed by atoms with van der Waals surface area (Å²) in [5, 5.41) is 0. The molecule has 0 N–H and O–H groups in total. The number of allylic oxidation sites excluding steroid dienone is 1. The molecular weight excluding hydrogens is 97.5 g/mol. The average molecular weight is 104 g/mol. The Hall–Kier alpha value is -0.300. The van der Waals surface area contributed by atoms with Gasteiger partial charge in [0.25, 0.3) is 0 Å². The molecule has 0 unspecified atom stereocenters. The fraction of sp³-hybridized carbons (Fsp3) is 0.250. The zero-order chi connectivity index (χ0) is 3.70. The lowest BCUT2D eigenvalue weighted by atomic mass is 10.5. The van der Waals surface area contributed by atoms with Gasteiger partial charge in [-0.25, -0.2) is 4.58 Å². The van der Waals surface area contributed by atoms with Gasteiger partial charge in [-0.15, -0.1) is 0 Å². The molecule has 0 bridgehead atoms. The summed E-state index contributed by atoms with van der Waals surface area (Å²) in [6, 6.07) is 0. The van der Waals surface area contributed by atoms with Crippen LogP contribution < -0.4 is 12.4 Å². The highest BCUT2D eigenvalue weighted by Crippen LogP contribution is 1.77. The van der Waals surface area contributed by atoms with Gasteiger partial charge in [0.1, 0.15) is 7.05 Å². The van der Waals surface area contributed by atoms with Gasteiger partial charge in [0.05, 0.1) is 6.08 Å². The Bertz CT molecular complexity index is 93.7. The molecular formula is C4H6ClN. The van der Waals surface area contributed by atoms with Crippen molar-refractivity contribution in [3.63, 3.8) is 0 Å². The van der Waals surface area contributed by atoms with Crippen LogP contribution in [0.1, 0.15) is 0 Å². The van der Waals surface area contributed by atoms with Crippen molar-refractivity contribution in [2.45, 2.75) is 0 Å². The Kier molecular flexibility index (Phi) is 1.88. The molecule has 1 nitrogen and oxygen atoms in total. The Morgan fingerprint density at radius 2 is 1.83 bits per heavy atom. The van der Waals surface area contributed by atoms with E-state index in [2.05, 4.69) is 0 Å². The molecule has 1 rings (SSSR count). The third-order valence-electron chi connectivity index (χ3n) is 0.642. The summed E-state index contributed by atoms with van der Waals surface area (Å²) in [6.07, 6.45) is 6.00. The maximum absolute atomic E-state index is 2.00. The van der Waals surface area contributed by atoms with Crippen molar-refractivity contribution in [1.82, 2.24) is 0 Å². The summed E-state index contributed by atoms with van der Waals surface area (Å²) in [7, 11) is 2.00. The Labute approximate surface area is 43.4 Å². The number of halogens is 1. The van der Waals surface area contributed by atoms with Crippen LogP contribution in [0, 0.1) is 0 Å². The van der Waals surface area contributed by atoms with E-state index in [1.807, 2.05) is 30.1 Å². The minimum Gasteiger partial charge on any atom is -1.00 e. The number of rotatable bonds is 0. The second-order valence-corrected chi connectivity index (χ2v) is 1.16. The molecule has 2 heteroatoms. The summed E-state index contributed by atoms with van der Waals surface area (Å²) in [5.41, 5.74) is 0. The molecule has 0 fully saturated rings. The van der Waals surface area contributed by atoms with Gasteiger partial charge in [-0.3, -0.25) is 0 Å². The Morgan fingerprint density at radius 1 is 1.50 bits per heavy atom. The number of hydrogen-bond donors (Lipinski definition) is 0. The summed E-state index contributed by atoms with van der Waals surface area (Å²) in [5.74, 6) is 0. The lowest BCUT2D eigenvalue weighted by molar-refractivity contribution is -0.426. The topological polar surface area (TPSA) is 3.01 Å². The molecule has 0 aliphatic carbocycles. The molecule has 0 amide bonds. The van der Waals surface area contributed by atoms with Gasteiger partial charge in [0, 0.05) is 0 Å². The largest absolute Gasteiger partial charge is 1.00 e. The van der Waals surface area contributed by atoms with E-state index in [1.165, 1.54) is 0 Å². The van der Waals surface area contributed by atoms with E-state index < -0.39 is 0 Å². The van der Waals surface area contributed by atoms with E-state index in [-0.39, 0.29) is 12.4 Å². The van der Waals surface area contributed by atoms with Gasteiger partial charge < -0.3 is 12.4 Å². The Morgan fingerprint density at radius 3 is 1.83 bits per heavy atom. The molecule has 1 aliphatic heterocycles. The molecule has 0 aromatic carbocycles. The quantitative estimate of drug-likeness (QED) is 0.292. The smallest absolute Gasteiger partial charge is 0.174 e. The van der Waals surface area contributed by atoms with Crippen LogP contribution in [-0.2, 0) is 0 Å². The van der Waals surface area contributed by atoms with Crippen LogP contribution in [0.4, 0.5) is 0 Å².